The highest BCUT2D eigenvalue weighted by Crippen LogP contribution is 2.40. The van der Waals surface area contributed by atoms with Crippen LogP contribution in [0.15, 0.2) is 30.3 Å². The van der Waals surface area contributed by atoms with E-state index in [4.69, 9.17) is 0 Å². The number of carbonyl (C=O) groups excluding carboxylic acids is 2. The van der Waals surface area contributed by atoms with Crippen LogP contribution < -0.4 is 10.2 Å². The van der Waals surface area contributed by atoms with E-state index in [2.05, 4.69) is 5.32 Å². The fraction of sp³-hybridized carbons (Fsp3) is 0.250. The van der Waals surface area contributed by atoms with Gasteiger partial charge < -0.3 is 10.2 Å². The van der Waals surface area contributed by atoms with Crippen molar-refractivity contribution in [3.8, 4) is 0 Å². The molecule has 0 radical (unpaired) electrons. The van der Waals surface area contributed by atoms with E-state index >= 15 is 0 Å². The second-order valence-electron chi connectivity index (χ2n) is 4.81. The van der Waals surface area contributed by atoms with Gasteiger partial charge in [0.15, 0.2) is 0 Å². The molecule has 4 nitrogen and oxygen atoms in total. The lowest BCUT2D eigenvalue weighted by Gasteiger charge is -2.15. The van der Waals surface area contributed by atoms with E-state index in [-0.39, 0.29) is 11.8 Å². The van der Waals surface area contributed by atoms with E-state index in [9.17, 15) is 9.59 Å². The van der Waals surface area contributed by atoms with Gasteiger partial charge in [0.25, 0.3) is 5.91 Å². The SMILES string of the molecule is CCC(=O)Nc1ccc2c3c(cccc13)C(=O)N2CC. The molecular formula is C16H16N2O2. The third-order valence-electron chi connectivity index (χ3n) is 3.70. The highest BCUT2D eigenvalue weighted by molar-refractivity contribution is 6.27. The molecule has 2 aromatic rings. The van der Waals surface area contributed by atoms with Gasteiger partial charge in [0.2, 0.25) is 5.91 Å². The molecule has 0 aromatic heterocycles. The van der Waals surface area contributed by atoms with E-state index in [1.807, 2.05) is 44.2 Å². The molecule has 0 aliphatic carbocycles. The van der Waals surface area contributed by atoms with Crippen LogP contribution in [0.4, 0.5) is 11.4 Å². The Kier molecular flexibility index (Phi) is 2.93. The monoisotopic (exact) mass is 268 g/mol. The molecule has 0 saturated carbocycles. The zero-order valence-corrected chi connectivity index (χ0v) is 11.6. The van der Waals surface area contributed by atoms with Crippen molar-refractivity contribution in [2.75, 3.05) is 16.8 Å². The van der Waals surface area contributed by atoms with Gasteiger partial charge in [-0.05, 0) is 25.1 Å². The average Bonchev–Trinajstić information content (AvgIpc) is 2.75. The maximum atomic E-state index is 12.3. The predicted molar refractivity (Wildman–Crippen MR) is 80.2 cm³/mol. The van der Waals surface area contributed by atoms with Gasteiger partial charge in [0.05, 0.1) is 5.69 Å². The largest absolute Gasteiger partial charge is 0.326 e. The summed E-state index contributed by atoms with van der Waals surface area (Å²) in [4.78, 5) is 25.7. The summed E-state index contributed by atoms with van der Waals surface area (Å²) in [5, 5.41) is 4.76. The van der Waals surface area contributed by atoms with E-state index in [1.165, 1.54) is 0 Å². The van der Waals surface area contributed by atoms with Crippen LogP contribution in [0.25, 0.3) is 10.8 Å². The smallest absolute Gasteiger partial charge is 0.258 e. The van der Waals surface area contributed by atoms with Gasteiger partial charge in [-0.3, -0.25) is 9.59 Å². The molecule has 0 spiro atoms. The highest BCUT2D eigenvalue weighted by Gasteiger charge is 2.29. The van der Waals surface area contributed by atoms with Crippen molar-refractivity contribution in [3.05, 3.63) is 35.9 Å². The lowest BCUT2D eigenvalue weighted by molar-refractivity contribution is -0.115. The van der Waals surface area contributed by atoms with Crippen molar-refractivity contribution in [2.24, 2.45) is 0 Å². The van der Waals surface area contributed by atoms with E-state index in [0.717, 1.165) is 22.1 Å². The second-order valence-corrected chi connectivity index (χ2v) is 4.81. The van der Waals surface area contributed by atoms with E-state index < -0.39 is 0 Å². The lowest BCUT2D eigenvalue weighted by Crippen LogP contribution is -2.25. The summed E-state index contributed by atoms with van der Waals surface area (Å²) in [5.41, 5.74) is 2.41. The Morgan fingerprint density at radius 1 is 1.20 bits per heavy atom. The number of nitrogens with zero attached hydrogens (tertiary/aromatic N) is 1. The second kappa shape index (κ2) is 4.63. The van der Waals surface area contributed by atoms with E-state index in [1.54, 1.807) is 4.90 Å². The first-order chi connectivity index (χ1) is 9.67. The van der Waals surface area contributed by atoms with Gasteiger partial charge in [0, 0.05) is 35.0 Å². The first-order valence-corrected chi connectivity index (χ1v) is 6.84. The summed E-state index contributed by atoms with van der Waals surface area (Å²) >= 11 is 0. The lowest BCUT2D eigenvalue weighted by atomic mass is 10.0. The number of hydrogen-bond donors (Lipinski definition) is 1. The maximum Gasteiger partial charge on any atom is 0.258 e. The van der Waals surface area contributed by atoms with Crippen molar-refractivity contribution in [1.82, 2.24) is 0 Å². The van der Waals surface area contributed by atoms with Crippen LogP contribution >= 0.6 is 0 Å². The van der Waals surface area contributed by atoms with Gasteiger partial charge in [-0.25, -0.2) is 0 Å². The van der Waals surface area contributed by atoms with Crippen molar-refractivity contribution >= 4 is 34.0 Å². The Labute approximate surface area is 117 Å². The van der Waals surface area contributed by atoms with Crippen molar-refractivity contribution < 1.29 is 9.59 Å². The molecule has 2 amide bonds. The molecule has 2 aromatic carbocycles. The van der Waals surface area contributed by atoms with Crippen molar-refractivity contribution in [1.29, 1.82) is 0 Å². The first-order valence-electron chi connectivity index (χ1n) is 6.84. The van der Waals surface area contributed by atoms with Gasteiger partial charge >= 0.3 is 0 Å². The molecule has 0 bridgehead atoms. The quantitative estimate of drug-likeness (QED) is 0.929. The molecule has 3 rings (SSSR count). The maximum absolute atomic E-state index is 12.3. The van der Waals surface area contributed by atoms with Crippen LogP contribution in [0.1, 0.15) is 30.6 Å². The molecule has 1 aliphatic heterocycles. The normalized spacial score (nSPS) is 13.1. The Balaban J connectivity index is 2.23. The summed E-state index contributed by atoms with van der Waals surface area (Å²) in [6.07, 6.45) is 0.433. The molecule has 20 heavy (non-hydrogen) atoms. The van der Waals surface area contributed by atoms with Gasteiger partial charge in [-0.15, -0.1) is 0 Å². The molecular weight excluding hydrogens is 252 g/mol. The molecule has 0 fully saturated rings. The molecule has 0 saturated heterocycles. The van der Waals surface area contributed by atoms with Crippen LogP contribution in [-0.4, -0.2) is 18.4 Å². The fourth-order valence-corrected chi connectivity index (χ4v) is 2.71. The van der Waals surface area contributed by atoms with Gasteiger partial charge in [-0.1, -0.05) is 19.1 Å². The third-order valence-corrected chi connectivity index (χ3v) is 3.70. The van der Waals surface area contributed by atoms with Crippen molar-refractivity contribution in [3.63, 3.8) is 0 Å². The molecule has 4 heteroatoms. The number of rotatable bonds is 3. The van der Waals surface area contributed by atoms with E-state index in [0.29, 0.717) is 18.5 Å². The summed E-state index contributed by atoms with van der Waals surface area (Å²) in [6, 6.07) is 9.43. The van der Waals surface area contributed by atoms with Crippen LogP contribution in [0.5, 0.6) is 0 Å². The van der Waals surface area contributed by atoms with Gasteiger partial charge in [-0.2, -0.15) is 0 Å². The molecule has 0 unspecified atom stereocenters. The zero-order valence-electron chi connectivity index (χ0n) is 11.6. The molecule has 102 valence electrons. The van der Waals surface area contributed by atoms with Crippen molar-refractivity contribution in [2.45, 2.75) is 20.3 Å². The van der Waals surface area contributed by atoms with Gasteiger partial charge in [0.1, 0.15) is 0 Å². The minimum absolute atomic E-state index is 0.0256. The Morgan fingerprint density at radius 2 is 2.00 bits per heavy atom. The number of carbonyl (C=O) groups is 2. The Morgan fingerprint density at radius 3 is 2.70 bits per heavy atom. The summed E-state index contributed by atoms with van der Waals surface area (Å²) < 4.78 is 0. The molecule has 0 atom stereocenters. The highest BCUT2D eigenvalue weighted by atomic mass is 16.2. The summed E-state index contributed by atoms with van der Waals surface area (Å²) in [7, 11) is 0. The third kappa shape index (κ3) is 1.68. The number of benzene rings is 2. The van der Waals surface area contributed by atoms with Crippen LogP contribution in [0.2, 0.25) is 0 Å². The number of amides is 2. The number of nitrogens with one attached hydrogen (secondary N) is 1. The Bertz CT molecular complexity index is 722. The van der Waals surface area contributed by atoms with Crippen LogP contribution in [0.3, 0.4) is 0 Å². The number of hydrogen-bond acceptors (Lipinski definition) is 2. The number of anilines is 2. The molecule has 1 heterocycles. The zero-order chi connectivity index (χ0) is 14.3. The minimum atomic E-state index is -0.0256. The topological polar surface area (TPSA) is 49.4 Å². The first kappa shape index (κ1) is 12.7. The average molecular weight is 268 g/mol. The molecule has 1 N–H and O–H groups in total. The van der Waals surface area contributed by atoms with Crippen LogP contribution in [-0.2, 0) is 4.79 Å². The summed E-state index contributed by atoms with van der Waals surface area (Å²) in [5.74, 6) is 0.00874. The van der Waals surface area contributed by atoms with Crippen LogP contribution in [0, 0.1) is 0 Å². The summed E-state index contributed by atoms with van der Waals surface area (Å²) in [6.45, 7) is 4.42. The fourth-order valence-electron chi connectivity index (χ4n) is 2.71. The minimum Gasteiger partial charge on any atom is -0.326 e. The predicted octanol–water partition coefficient (Wildman–Crippen LogP) is 3.17. The molecule has 1 aliphatic rings. The Hall–Kier alpha value is -2.36. The standard InChI is InChI=1S/C16H16N2O2/c1-3-14(19)17-12-8-9-13-15-10(12)6-5-7-11(15)16(20)18(13)4-2/h5-9H,3-4H2,1-2H3,(H,17,19).